The molecule has 4 rings (SSSR count). The Morgan fingerprint density at radius 1 is 1.34 bits per heavy atom. The third-order valence-electron chi connectivity index (χ3n) is 5.40. The number of amidine groups is 1. The Hall–Kier alpha value is -3.88. The van der Waals surface area contributed by atoms with Crippen LogP contribution in [-0.4, -0.2) is 40.3 Å². The topological polar surface area (TPSA) is 142 Å². The fourth-order valence-corrected chi connectivity index (χ4v) is 3.81. The van der Waals surface area contributed by atoms with Gasteiger partial charge in [0.25, 0.3) is 5.91 Å². The number of hydrogen-bond acceptors (Lipinski definition) is 5. The van der Waals surface area contributed by atoms with Crippen molar-refractivity contribution in [2.24, 2.45) is 16.5 Å². The van der Waals surface area contributed by atoms with E-state index in [1.807, 2.05) is 37.3 Å². The molecule has 2 heterocycles. The van der Waals surface area contributed by atoms with Crippen LogP contribution in [0.3, 0.4) is 0 Å². The first-order valence-electron chi connectivity index (χ1n) is 10.6. The van der Waals surface area contributed by atoms with E-state index < -0.39 is 12.0 Å². The molecule has 0 bridgehead atoms. The van der Waals surface area contributed by atoms with E-state index >= 15 is 0 Å². The van der Waals surface area contributed by atoms with Crippen LogP contribution < -0.4 is 20.9 Å². The number of rotatable bonds is 6. The maximum atomic E-state index is 11.6. The smallest absolute Gasteiger partial charge is 0.258 e. The van der Waals surface area contributed by atoms with Gasteiger partial charge in [0.1, 0.15) is 22.8 Å². The molecule has 0 saturated carbocycles. The van der Waals surface area contributed by atoms with Crippen LogP contribution in [0.15, 0.2) is 41.4 Å². The van der Waals surface area contributed by atoms with E-state index in [2.05, 4.69) is 9.56 Å². The molecule has 9 nitrogen and oxygen atoms in total. The van der Waals surface area contributed by atoms with E-state index in [1.165, 1.54) is 0 Å². The van der Waals surface area contributed by atoms with E-state index in [4.69, 9.17) is 31.3 Å². The number of nitrogens with zero attached hydrogens (tertiary/aromatic N) is 3. The molecule has 1 amide bonds. The number of aliphatic imine (C=N–C) groups is 1. The van der Waals surface area contributed by atoms with Crippen molar-refractivity contribution in [3.8, 4) is 22.9 Å². The Kier molecular flexibility index (Phi) is 6.07. The number of aryl methyl sites for hydroxylation is 1. The normalized spacial score (nSPS) is 14.5. The van der Waals surface area contributed by atoms with E-state index in [9.17, 15) is 4.79 Å². The number of nitrogens with one attached hydrogen (secondary N) is 1. The first kappa shape index (κ1) is 21.4. The van der Waals surface area contributed by atoms with Crippen molar-refractivity contribution < 1.29 is 14.3 Å². The van der Waals surface area contributed by atoms with Crippen LogP contribution in [0, 0.1) is 5.41 Å². The molecule has 1 atom stereocenters. The number of carbonyl (C=O) groups is 1. The summed E-state index contributed by atoms with van der Waals surface area (Å²) in [6.45, 7) is 3.25. The molecule has 3 aromatic rings. The molecular weight excluding hydrogens is 408 g/mol. The monoisotopic (exact) mass is 434 g/mol. The number of ether oxygens (including phenoxy) is 2. The fraction of sp³-hybridized carbons (Fsp3) is 0.304. The number of hydrogen-bond donors (Lipinski definition) is 3. The molecule has 166 valence electrons. The van der Waals surface area contributed by atoms with Gasteiger partial charge < -0.3 is 25.5 Å². The molecule has 0 fully saturated rings. The third-order valence-corrected chi connectivity index (χ3v) is 5.40. The number of aromatic nitrogens is 2. The average Bonchev–Trinajstić information content (AvgIpc) is 3.13. The second kappa shape index (κ2) is 9.09. The van der Waals surface area contributed by atoms with Gasteiger partial charge in [-0.1, -0.05) is 31.2 Å². The summed E-state index contributed by atoms with van der Waals surface area (Å²) in [5.74, 6) is 1.56. The summed E-state index contributed by atoms with van der Waals surface area (Å²) in [5, 5.41) is 7.92. The molecule has 0 spiro atoms. The van der Waals surface area contributed by atoms with Crippen LogP contribution in [0.25, 0.3) is 22.4 Å². The summed E-state index contributed by atoms with van der Waals surface area (Å²) in [7, 11) is 0. The summed E-state index contributed by atoms with van der Waals surface area (Å²) in [6, 6.07) is 11.1. The molecule has 5 N–H and O–H groups in total. The van der Waals surface area contributed by atoms with Crippen LogP contribution in [0.2, 0.25) is 0 Å². The standard InChI is InChI=1S/C23H26N6O3/c1-2-18(22(26)30)32-16-11-17-20-19(12-16)31-10-4-3-9-29(20)23(28-17)15-7-5-14(6-8-15)21(25)27-13-24/h5-8,11-13,18H,2-4,9-10H2,1H3,(H2,26,30)(H3,24,25,27)/t18-/m1/s1. The van der Waals surface area contributed by atoms with E-state index in [0.29, 0.717) is 30.1 Å². The first-order valence-corrected chi connectivity index (χ1v) is 10.6. The van der Waals surface area contributed by atoms with Gasteiger partial charge in [-0.3, -0.25) is 10.2 Å². The highest BCUT2D eigenvalue weighted by atomic mass is 16.5. The molecular formula is C23H26N6O3. The Bertz CT molecular complexity index is 1180. The molecule has 1 aliphatic heterocycles. The average molecular weight is 435 g/mol. The van der Waals surface area contributed by atoms with Gasteiger partial charge in [-0.05, 0) is 19.3 Å². The maximum Gasteiger partial charge on any atom is 0.258 e. The molecule has 0 saturated heterocycles. The molecule has 32 heavy (non-hydrogen) atoms. The number of imidazole rings is 1. The summed E-state index contributed by atoms with van der Waals surface area (Å²) < 4.78 is 14.0. The predicted molar refractivity (Wildman–Crippen MR) is 123 cm³/mol. The second-order valence-corrected chi connectivity index (χ2v) is 7.55. The van der Waals surface area contributed by atoms with Gasteiger partial charge in [-0.15, -0.1) is 0 Å². The van der Waals surface area contributed by atoms with Crippen LogP contribution >= 0.6 is 0 Å². The van der Waals surface area contributed by atoms with Gasteiger partial charge in [0.2, 0.25) is 0 Å². The van der Waals surface area contributed by atoms with Crippen LogP contribution in [-0.2, 0) is 11.3 Å². The largest absolute Gasteiger partial charge is 0.491 e. The maximum absolute atomic E-state index is 11.6. The molecule has 9 heteroatoms. The SMILES string of the molecule is CC[C@@H](Oc1cc2c3c(c1)nc(-c1ccc(C(=N)/N=C\N)cc1)n3CCCCO2)C(N)=O. The fourth-order valence-electron chi connectivity index (χ4n) is 3.81. The lowest BCUT2D eigenvalue weighted by Crippen LogP contribution is -2.32. The lowest BCUT2D eigenvalue weighted by Gasteiger charge is -2.18. The highest BCUT2D eigenvalue weighted by Crippen LogP contribution is 2.36. The minimum atomic E-state index is -0.714. The number of benzene rings is 2. The molecule has 0 aliphatic carbocycles. The van der Waals surface area contributed by atoms with Gasteiger partial charge >= 0.3 is 0 Å². The zero-order valence-electron chi connectivity index (χ0n) is 17.9. The Morgan fingerprint density at radius 2 is 2.12 bits per heavy atom. The van der Waals surface area contributed by atoms with Crippen LogP contribution in [0.1, 0.15) is 31.7 Å². The Labute approximate surface area is 185 Å². The van der Waals surface area contributed by atoms with Crippen LogP contribution in [0.4, 0.5) is 0 Å². The molecule has 1 aliphatic rings. The molecule has 2 aromatic carbocycles. The van der Waals surface area contributed by atoms with Gasteiger partial charge in [0, 0.05) is 29.8 Å². The van der Waals surface area contributed by atoms with Crippen molar-refractivity contribution in [2.75, 3.05) is 6.61 Å². The van der Waals surface area contributed by atoms with Crippen molar-refractivity contribution in [1.29, 1.82) is 5.41 Å². The molecule has 0 radical (unpaired) electrons. The van der Waals surface area contributed by atoms with Crippen molar-refractivity contribution in [3.63, 3.8) is 0 Å². The summed E-state index contributed by atoms with van der Waals surface area (Å²) in [4.78, 5) is 20.3. The number of nitrogens with two attached hydrogens (primary N) is 2. The van der Waals surface area contributed by atoms with E-state index in [0.717, 1.165) is 48.1 Å². The van der Waals surface area contributed by atoms with Gasteiger partial charge in [0.05, 0.1) is 18.5 Å². The van der Waals surface area contributed by atoms with Gasteiger partial charge in [-0.2, -0.15) is 0 Å². The van der Waals surface area contributed by atoms with Crippen molar-refractivity contribution >= 4 is 29.1 Å². The molecule has 0 unspecified atom stereocenters. The van der Waals surface area contributed by atoms with Crippen molar-refractivity contribution in [1.82, 2.24) is 9.55 Å². The highest BCUT2D eigenvalue weighted by molar-refractivity contribution is 6.00. The molecule has 1 aromatic heterocycles. The van der Waals surface area contributed by atoms with E-state index in [1.54, 1.807) is 6.07 Å². The summed E-state index contributed by atoms with van der Waals surface area (Å²) in [5.41, 5.74) is 13.9. The zero-order chi connectivity index (χ0) is 22.7. The minimum Gasteiger partial charge on any atom is -0.491 e. The van der Waals surface area contributed by atoms with Gasteiger partial charge in [-0.25, -0.2) is 9.98 Å². The highest BCUT2D eigenvalue weighted by Gasteiger charge is 2.22. The lowest BCUT2D eigenvalue weighted by atomic mass is 10.1. The Morgan fingerprint density at radius 3 is 2.81 bits per heavy atom. The van der Waals surface area contributed by atoms with E-state index in [-0.39, 0.29) is 5.84 Å². The zero-order valence-corrected chi connectivity index (χ0v) is 17.9. The van der Waals surface area contributed by atoms with Crippen molar-refractivity contribution in [2.45, 2.75) is 38.8 Å². The summed E-state index contributed by atoms with van der Waals surface area (Å²) in [6.07, 6.45) is 2.74. The minimum absolute atomic E-state index is 0.0966. The lowest BCUT2D eigenvalue weighted by molar-refractivity contribution is -0.124. The summed E-state index contributed by atoms with van der Waals surface area (Å²) >= 11 is 0. The number of amides is 1. The predicted octanol–water partition coefficient (Wildman–Crippen LogP) is 2.83. The van der Waals surface area contributed by atoms with Gasteiger partial charge in [0.15, 0.2) is 11.9 Å². The quantitative estimate of drug-likeness (QED) is 0.404. The second-order valence-electron chi connectivity index (χ2n) is 7.55. The first-order chi connectivity index (χ1) is 15.5. The van der Waals surface area contributed by atoms with Crippen molar-refractivity contribution in [3.05, 3.63) is 42.0 Å². The third kappa shape index (κ3) is 4.14. The van der Waals surface area contributed by atoms with Crippen LogP contribution in [0.5, 0.6) is 11.5 Å². The number of primary amides is 1. The number of carbonyl (C=O) groups excluding carboxylic acids is 1. The Balaban J connectivity index is 1.79.